The summed E-state index contributed by atoms with van der Waals surface area (Å²) >= 11 is 0. The fraction of sp³-hybridized carbons (Fsp3) is 0.875. The zero-order valence-corrected chi connectivity index (χ0v) is 12.9. The number of carbonyl (C=O) groups excluding carboxylic acids is 2. The van der Waals surface area contributed by atoms with Crippen LogP contribution in [-0.4, -0.2) is 30.9 Å². The summed E-state index contributed by atoms with van der Waals surface area (Å²) in [6, 6.07) is 0.192. The number of nitrogens with one attached hydrogen (secondary N) is 2. The highest BCUT2D eigenvalue weighted by Crippen LogP contribution is 2.26. The van der Waals surface area contributed by atoms with Crippen molar-refractivity contribution >= 4 is 11.8 Å². The molecule has 4 N–H and O–H groups in total. The Morgan fingerprint density at radius 1 is 0.952 bits per heavy atom. The Hall–Kier alpha value is -1.10. The molecule has 0 aromatic heterocycles. The normalized spacial score (nSPS) is 26.5. The van der Waals surface area contributed by atoms with Crippen molar-refractivity contribution in [2.24, 2.45) is 17.6 Å². The Kier molecular flexibility index (Phi) is 6.49. The van der Waals surface area contributed by atoms with Gasteiger partial charge in [0.05, 0.1) is 6.54 Å². The first-order valence-electron chi connectivity index (χ1n) is 8.45. The molecule has 120 valence electrons. The van der Waals surface area contributed by atoms with Gasteiger partial charge >= 0.3 is 0 Å². The minimum atomic E-state index is -0.0858. The Labute approximate surface area is 127 Å². The number of hydrogen-bond donors (Lipinski definition) is 3. The van der Waals surface area contributed by atoms with Gasteiger partial charge in [-0.3, -0.25) is 9.59 Å². The van der Waals surface area contributed by atoms with E-state index in [1.807, 2.05) is 0 Å². The number of amides is 2. The molecular formula is C16H29N3O2. The largest absolute Gasteiger partial charge is 0.352 e. The van der Waals surface area contributed by atoms with Crippen LogP contribution in [0.2, 0.25) is 0 Å². The van der Waals surface area contributed by atoms with Gasteiger partial charge in [0, 0.05) is 12.5 Å². The molecule has 0 aliphatic heterocycles. The van der Waals surface area contributed by atoms with Gasteiger partial charge in [0.2, 0.25) is 11.8 Å². The summed E-state index contributed by atoms with van der Waals surface area (Å²) in [5, 5.41) is 5.76. The average molecular weight is 295 g/mol. The van der Waals surface area contributed by atoms with Gasteiger partial charge in [-0.25, -0.2) is 0 Å². The van der Waals surface area contributed by atoms with E-state index in [0.717, 1.165) is 32.1 Å². The fourth-order valence-corrected chi connectivity index (χ4v) is 3.67. The van der Waals surface area contributed by atoms with Gasteiger partial charge in [0.1, 0.15) is 0 Å². The molecule has 5 heteroatoms. The zero-order valence-electron chi connectivity index (χ0n) is 12.9. The van der Waals surface area contributed by atoms with Crippen molar-refractivity contribution in [3.05, 3.63) is 0 Å². The van der Waals surface area contributed by atoms with Gasteiger partial charge < -0.3 is 16.4 Å². The Balaban J connectivity index is 1.62. The van der Waals surface area contributed by atoms with Gasteiger partial charge in [-0.1, -0.05) is 25.7 Å². The lowest BCUT2D eigenvalue weighted by Crippen LogP contribution is -2.44. The van der Waals surface area contributed by atoms with E-state index < -0.39 is 0 Å². The van der Waals surface area contributed by atoms with Gasteiger partial charge in [-0.05, 0) is 44.1 Å². The first-order chi connectivity index (χ1) is 10.2. The van der Waals surface area contributed by atoms with E-state index in [1.54, 1.807) is 0 Å². The van der Waals surface area contributed by atoms with Gasteiger partial charge in [0.15, 0.2) is 0 Å². The molecule has 2 aliphatic rings. The number of rotatable bonds is 6. The van der Waals surface area contributed by atoms with Gasteiger partial charge in [-0.15, -0.1) is 0 Å². The second-order valence-electron chi connectivity index (χ2n) is 6.59. The van der Waals surface area contributed by atoms with Crippen LogP contribution in [0.1, 0.15) is 57.8 Å². The van der Waals surface area contributed by atoms with Crippen molar-refractivity contribution in [3.63, 3.8) is 0 Å². The van der Waals surface area contributed by atoms with Crippen molar-refractivity contribution < 1.29 is 9.59 Å². The molecule has 0 heterocycles. The lowest BCUT2D eigenvalue weighted by atomic mass is 9.87. The Morgan fingerprint density at radius 3 is 2.43 bits per heavy atom. The highest BCUT2D eigenvalue weighted by atomic mass is 16.2. The van der Waals surface area contributed by atoms with Crippen molar-refractivity contribution in [3.8, 4) is 0 Å². The van der Waals surface area contributed by atoms with Crippen LogP contribution in [0.5, 0.6) is 0 Å². The third-order valence-electron chi connectivity index (χ3n) is 4.95. The maximum absolute atomic E-state index is 11.9. The quantitative estimate of drug-likeness (QED) is 0.691. The standard InChI is InChI=1S/C16H29N3O2/c17-10-13-7-4-8-14(13)19-16(21)11-18-15(20)9-12-5-2-1-3-6-12/h12-14H,1-11,17H2,(H,18,20)(H,19,21). The summed E-state index contributed by atoms with van der Waals surface area (Å²) in [4.78, 5) is 23.8. The molecular weight excluding hydrogens is 266 g/mol. The van der Waals surface area contributed by atoms with Crippen molar-refractivity contribution in [2.75, 3.05) is 13.1 Å². The van der Waals surface area contributed by atoms with Crippen LogP contribution < -0.4 is 16.4 Å². The summed E-state index contributed by atoms with van der Waals surface area (Å²) in [6.45, 7) is 0.721. The molecule has 0 saturated heterocycles. The molecule has 5 nitrogen and oxygen atoms in total. The number of hydrogen-bond acceptors (Lipinski definition) is 3. The first-order valence-corrected chi connectivity index (χ1v) is 8.45. The van der Waals surface area contributed by atoms with Crippen LogP contribution in [0.25, 0.3) is 0 Å². The van der Waals surface area contributed by atoms with Crippen LogP contribution in [-0.2, 0) is 9.59 Å². The molecule has 21 heavy (non-hydrogen) atoms. The monoisotopic (exact) mass is 295 g/mol. The lowest BCUT2D eigenvalue weighted by Gasteiger charge is -2.21. The molecule has 0 radical (unpaired) electrons. The summed E-state index contributed by atoms with van der Waals surface area (Å²) in [5.74, 6) is 0.835. The smallest absolute Gasteiger partial charge is 0.239 e. The van der Waals surface area contributed by atoms with E-state index in [1.165, 1.54) is 19.3 Å². The Morgan fingerprint density at radius 2 is 1.71 bits per heavy atom. The number of nitrogens with two attached hydrogens (primary N) is 1. The second-order valence-corrected chi connectivity index (χ2v) is 6.59. The molecule has 2 saturated carbocycles. The minimum absolute atomic E-state index is 0.0128. The molecule has 0 aromatic carbocycles. The summed E-state index contributed by atoms with van der Waals surface area (Å²) < 4.78 is 0. The van der Waals surface area contributed by atoms with Crippen LogP contribution in [0.4, 0.5) is 0 Å². The molecule has 2 unspecified atom stereocenters. The molecule has 2 fully saturated rings. The van der Waals surface area contributed by atoms with Gasteiger partial charge in [0.25, 0.3) is 0 Å². The zero-order chi connectivity index (χ0) is 15.1. The van der Waals surface area contributed by atoms with Crippen molar-refractivity contribution in [1.29, 1.82) is 0 Å². The Bertz CT molecular complexity index is 353. The molecule has 2 atom stereocenters. The first kappa shape index (κ1) is 16.3. The van der Waals surface area contributed by atoms with E-state index in [0.29, 0.717) is 24.8 Å². The topological polar surface area (TPSA) is 84.2 Å². The predicted molar refractivity (Wildman–Crippen MR) is 82.5 cm³/mol. The van der Waals surface area contributed by atoms with E-state index in [9.17, 15) is 9.59 Å². The maximum atomic E-state index is 11.9. The molecule has 2 aliphatic carbocycles. The summed E-state index contributed by atoms with van der Waals surface area (Å²) in [5.41, 5.74) is 5.71. The van der Waals surface area contributed by atoms with E-state index in [2.05, 4.69) is 10.6 Å². The average Bonchev–Trinajstić information content (AvgIpc) is 2.93. The molecule has 0 bridgehead atoms. The maximum Gasteiger partial charge on any atom is 0.239 e. The molecule has 0 aromatic rings. The predicted octanol–water partition coefficient (Wildman–Crippen LogP) is 1.32. The van der Waals surface area contributed by atoms with Crippen molar-refractivity contribution in [1.82, 2.24) is 10.6 Å². The van der Waals surface area contributed by atoms with E-state index >= 15 is 0 Å². The van der Waals surface area contributed by atoms with Crippen LogP contribution in [0, 0.1) is 11.8 Å². The third-order valence-corrected chi connectivity index (χ3v) is 4.95. The van der Waals surface area contributed by atoms with E-state index in [4.69, 9.17) is 5.73 Å². The lowest BCUT2D eigenvalue weighted by molar-refractivity contribution is -0.127. The second kappa shape index (κ2) is 8.37. The van der Waals surface area contributed by atoms with Crippen LogP contribution >= 0.6 is 0 Å². The van der Waals surface area contributed by atoms with Gasteiger partial charge in [-0.2, -0.15) is 0 Å². The highest BCUT2D eigenvalue weighted by molar-refractivity contribution is 5.84. The van der Waals surface area contributed by atoms with Crippen LogP contribution in [0.3, 0.4) is 0 Å². The number of carbonyl (C=O) groups is 2. The summed E-state index contributed by atoms with van der Waals surface area (Å²) in [6.07, 6.45) is 9.87. The molecule has 2 rings (SSSR count). The SMILES string of the molecule is NCC1CCCC1NC(=O)CNC(=O)CC1CCCCC1. The molecule has 0 spiro atoms. The minimum Gasteiger partial charge on any atom is -0.352 e. The third kappa shape index (κ3) is 5.30. The van der Waals surface area contributed by atoms with Crippen molar-refractivity contribution in [2.45, 2.75) is 63.8 Å². The van der Waals surface area contributed by atoms with E-state index in [-0.39, 0.29) is 24.4 Å². The highest BCUT2D eigenvalue weighted by Gasteiger charge is 2.27. The fourth-order valence-electron chi connectivity index (χ4n) is 3.67. The summed E-state index contributed by atoms with van der Waals surface area (Å²) in [7, 11) is 0. The molecule has 2 amide bonds. The van der Waals surface area contributed by atoms with Crippen LogP contribution in [0.15, 0.2) is 0 Å².